The molecule has 138 valence electrons. The standard InChI is InChI=1S/C18H18Cl2N2O4/c1-11-5-3-4-6-15(11)25-8-7-16(23)26-12(2)18(24)22-17-14(20)9-13(19)10-21-17/h3-6,9-10,12H,7-8H2,1-2H3,(H,21,22,24)/t12-/m0/s1. The van der Waals surface area contributed by atoms with Crippen molar-refractivity contribution in [3.63, 3.8) is 0 Å². The first-order chi connectivity index (χ1) is 12.4. The summed E-state index contributed by atoms with van der Waals surface area (Å²) in [7, 11) is 0. The Bertz CT molecular complexity index is 799. The van der Waals surface area contributed by atoms with E-state index in [2.05, 4.69) is 10.3 Å². The van der Waals surface area contributed by atoms with Crippen molar-refractivity contribution in [1.29, 1.82) is 0 Å². The molecule has 0 aliphatic rings. The quantitative estimate of drug-likeness (QED) is 0.714. The molecule has 0 aliphatic heterocycles. The number of rotatable bonds is 7. The maximum absolute atomic E-state index is 12.1. The second-order valence-corrected chi connectivity index (χ2v) is 6.31. The molecule has 0 aliphatic carbocycles. The third-order valence-corrected chi connectivity index (χ3v) is 3.88. The van der Waals surface area contributed by atoms with Crippen LogP contribution in [0.4, 0.5) is 5.82 Å². The van der Waals surface area contributed by atoms with Gasteiger partial charge in [0.15, 0.2) is 11.9 Å². The van der Waals surface area contributed by atoms with Crippen LogP contribution in [0.1, 0.15) is 18.9 Å². The van der Waals surface area contributed by atoms with Crippen molar-refractivity contribution in [3.05, 3.63) is 52.1 Å². The fourth-order valence-corrected chi connectivity index (χ4v) is 2.42. The first-order valence-corrected chi connectivity index (χ1v) is 8.62. The Hall–Kier alpha value is -2.31. The van der Waals surface area contributed by atoms with Crippen molar-refractivity contribution in [1.82, 2.24) is 4.98 Å². The number of pyridine rings is 1. The average Bonchev–Trinajstić information content (AvgIpc) is 2.59. The van der Waals surface area contributed by atoms with Crippen LogP contribution < -0.4 is 10.1 Å². The number of nitrogens with one attached hydrogen (secondary N) is 1. The molecule has 1 N–H and O–H groups in total. The van der Waals surface area contributed by atoms with E-state index >= 15 is 0 Å². The minimum Gasteiger partial charge on any atom is -0.493 e. The maximum Gasteiger partial charge on any atom is 0.310 e. The fourth-order valence-electron chi connectivity index (χ4n) is 2.00. The Morgan fingerprint density at radius 3 is 2.69 bits per heavy atom. The SMILES string of the molecule is Cc1ccccc1OCCC(=O)O[C@@H](C)C(=O)Nc1ncc(Cl)cc1Cl. The Balaban J connectivity index is 1.78. The highest BCUT2D eigenvalue weighted by Crippen LogP contribution is 2.22. The molecule has 0 saturated heterocycles. The molecule has 2 rings (SSSR count). The zero-order chi connectivity index (χ0) is 19.1. The number of aromatic nitrogens is 1. The Kier molecular flexibility index (Phi) is 7.24. The summed E-state index contributed by atoms with van der Waals surface area (Å²) in [5.41, 5.74) is 0.973. The van der Waals surface area contributed by atoms with Crippen molar-refractivity contribution >= 4 is 40.9 Å². The van der Waals surface area contributed by atoms with Gasteiger partial charge in [-0.05, 0) is 31.5 Å². The van der Waals surface area contributed by atoms with Gasteiger partial charge in [0.25, 0.3) is 5.91 Å². The topological polar surface area (TPSA) is 77.5 Å². The molecule has 0 bridgehead atoms. The number of halogens is 2. The summed E-state index contributed by atoms with van der Waals surface area (Å²) in [6.45, 7) is 3.53. The van der Waals surface area contributed by atoms with E-state index in [0.717, 1.165) is 5.56 Å². The van der Waals surface area contributed by atoms with Gasteiger partial charge in [0, 0.05) is 6.20 Å². The number of hydrogen-bond acceptors (Lipinski definition) is 5. The van der Waals surface area contributed by atoms with Gasteiger partial charge in [-0.1, -0.05) is 41.4 Å². The number of anilines is 1. The molecule has 6 nitrogen and oxygen atoms in total. The number of benzene rings is 1. The lowest BCUT2D eigenvalue weighted by Gasteiger charge is -2.14. The summed E-state index contributed by atoms with van der Waals surface area (Å²) >= 11 is 11.7. The summed E-state index contributed by atoms with van der Waals surface area (Å²) in [4.78, 5) is 27.8. The van der Waals surface area contributed by atoms with Crippen molar-refractivity contribution in [3.8, 4) is 5.75 Å². The minimum atomic E-state index is -1.01. The van der Waals surface area contributed by atoms with Gasteiger partial charge in [-0.3, -0.25) is 9.59 Å². The Morgan fingerprint density at radius 1 is 1.27 bits per heavy atom. The molecule has 26 heavy (non-hydrogen) atoms. The lowest BCUT2D eigenvalue weighted by atomic mass is 10.2. The number of carbonyl (C=O) groups excluding carboxylic acids is 2. The summed E-state index contributed by atoms with van der Waals surface area (Å²) in [5.74, 6) is -0.243. The van der Waals surface area contributed by atoms with Crippen LogP contribution in [-0.4, -0.2) is 29.6 Å². The fraction of sp³-hybridized carbons (Fsp3) is 0.278. The number of hydrogen-bond donors (Lipinski definition) is 1. The number of esters is 1. The van der Waals surface area contributed by atoms with Gasteiger partial charge >= 0.3 is 5.97 Å². The summed E-state index contributed by atoms with van der Waals surface area (Å²) in [5, 5.41) is 3.02. The molecule has 0 fully saturated rings. The van der Waals surface area contributed by atoms with E-state index in [0.29, 0.717) is 10.8 Å². The Morgan fingerprint density at radius 2 is 2.00 bits per heavy atom. The van der Waals surface area contributed by atoms with E-state index in [1.165, 1.54) is 19.2 Å². The number of aryl methyl sites for hydroxylation is 1. The molecule has 1 atom stereocenters. The van der Waals surface area contributed by atoms with Crippen LogP contribution in [0.3, 0.4) is 0 Å². The van der Waals surface area contributed by atoms with E-state index in [1.807, 2.05) is 31.2 Å². The molecule has 2 aromatic rings. The van der Waals surface area contributed by atoms with Crippen LogP contribution in [0, 0.1) is 6.92 Å². The van der Waals surface area contributed by atoms with Crippen molar-refractivity contribution in [2.75, 3.05) is 11.9 Å². The molecular weight excluding hydrogens is 379 g/mol. The molecule has 0 unspecified atom stereocenters. The summed E-state index contributed by atoms with van der Waals surface area (Å²) in [6, 6.07) is 8.93. The largest absolute Gasteiger partial charge is 0.493 e. The monoisotopic (exact) mass is 396 g/mol. The molecule has 0 saturated carbocycles. The molecule has 8 heteroatoms. The molecule has 1 amide bonds. The molecule has 1 aromatic heterocycles. The molecule has 0 spiro atoms. The van der Waals surface area contributed by atoms with Gasteiger partial charge in [-0.25, -0.2) is 4.98 Å². The highest BCUT2D eigenvalue weighted by atomic mass is 35.5. The van der Waals surface area contributed by atoms with E-state index in [4.69, 9.17) is 32.7 Å². The number of carbonyl (C=O) groups is 2. The summed E-state index contributed by atoms with van der Waals surface area (Å²) < 4.78 is 10.6. The van der Waals surface area contributed by atoms with Gasteiger partial charge in [0.1, 0.15) is 5.75 Å². The second kappa shape index (κ2) is 9.40. The number of ether oxygens (including phenoxy) is 2. The van der Waals surface area contributed by atoms with E-state index < -0.39 is 18.0 Å². The van der Waals surface area contributed by atoms with Crippen LogP contribution in [0.5, 0.6) is 5.75 Å². The molecule has 0 radical (unpaired) electrons. The number of amides is 1. The van der Waals surface area contributed by atoms with Crippen molar-refractivity contribution in [2.45, 2.75) is 26.4 Å². The van der Waals surface area contributed by atoms with Gasteiger partial charge in [-0.15, -0.1) is 0 Å². The van der Waals surface area contributed by atoms with Gasteiger partial charge < -0.3 is 14.8 Å². The van der Waals surface area contributed by atoms with Gasteiger partial charge in [0.05, 0.1) is 23.1 Å². The highest BCUT2D eigenvalue weighted by molar-refractivity contribution is 6.36. The molecule has 1 aromatic carbocycles. The third-order valence-electron chi connectivity index (χ3n) is 3.38. The first kappa shape index (κ1) is 20.0. The van der Waals surface area contributed by atoms with Crippen LogP contribution in [0.15, 0.2) is 36.5 Å². The first-order valence-electron chi connectivity index (χ1n) is 7.86. The van der Waals surface area contributed by atoms with Crippen LogP contribution in [-0.2, 0) is 14.3 Å². The van der Waals surface area contributed by atoms with Gasteiger partial charge in [0.2, 0.25) is 0 Å². The predicted octanol–water partition coefficient (Wildman–Crippen LogP) is 4.04. The lowest BCUT2D eigenvalue weighted by Crippen LogP contribution is -2.30. The molecule has 1 heterocycles. The lowest BCUT2D eigenvalue weighted by molar-refractivity contribution is -0.153. The van der Waals surface area contributed by atoms with Crippen LogP contribution in [0.2, 0.25) is 10.0 Å². The zero-order valence-electron chi connectivity index (χ0n) is 14.3. The zero-order valence-corrected chi connectivity index (χ0v) is 15.8. The van der Waals surface area contributed by atoms with E-state index in [9.17, 15) is 9.59 Å². The molecular formula is C18H18Cl2N2O4. The van der Waals surface area contributed by atoms with E-state index in [-0.39, 0.29) is 23.9 Å². The van der Waals surface area contributed by atoms with E-state index in [1.54, 1.807) is 0 Å². The third kappa shape index (κ3) is 5.89. The summed E-state index contributed by atoms with van der Waals surface area (Å²) in [6.07, 6.45) is 0.364. The smallest absolute Gasteiger partial charge is 0.310 e. The van der Waals surface area contributed by atoms with Crippen molar-refractivity contribution in [2.24, 2.45) is 0 Å². The van der Waals surface area contributed by atoms with Crippen molar-refractivity contribution < 1.29 is 19.1 Å². The van der Waals surface area contributed by atoms with Gasteiger partial charge in [-0.2, -0.15) is 0 Å². The maximum atomic E-state index is 12.1. The normalized spacial score (nSPS) is 11.5. The average molecular weight is 397 g/mol. The van der Waals surface area contributed by atoms with Crippen LogP contribution >= 0.6 is 23.2 Å². The number of para-hydroxylation sites is 1. The predicted molar refractivity (Wildman–Crippen MR) is 99.7 cm³/mol. The van der Waals surface area contributed by atoms with Crippen LogP contribution in [0.25, 0.3) is 0 Å². The second-order valence-electron chi connectivity index (χ2n) is 5.47. The number of nitrogens with zero attached hydrogens (tertiary/aromatic N) is 1. The highest BCUT2D eigenvalue weighted by Gasteiger charge is 2.19. The minimum absolute atomic E-state index is 0.0197. The Labute approximate surface area is 161 Å².